The minimum absolute atomic E-state index is 0.162. The monoisotopic (exact) mass is 744 g/mol. The highest BCUT2D eigenvalue weighted by atomic mass is 15.3. The standard InChI is InChI=1S/C54H40N4/c1-54(40-22-9-4-10-23-40)46-29-15-13-27-45(46)49-41(28-17-30-47(49)54)37-32-38(50-44-26-12-11-24-42(44)43-25-14-16-31-48(43)55-50)34-39(33-37)53-57-51(35-18-5-2-6-19-35)56-52(58-53)36-20-7-3-8-21-36/h2-34,51,53,57H,1H3,(H,56,58). The molecular weight excluding hydrogens is 705 g/mol. The summed E-state index contributed by atoms with van der Waals surface area (Å²) in [6.45, 7) is 2.38. The van der Waals surface area contributed by atoms with Gasteiger partial charge in [0.05, 0.1) is 11.2 Å². The molecule has 0 saturated carbocycles. The number of aliphatic imine (C=N–C) groups is 1. The van der Waals surface area contributed by atoms with Crippen LogP contribution in [0.1, 0.15) is 52.6 Å². The number of hydrogen-bond donors (Lipinski definition) is 2. The van der Waals surface area contributed by atoms with E-state index >= 15 is 0 Å². The maximum atomic E-state index is 5.43. The Bertz CT molecular complexity index is 3030. The molecule has 8 aromatic carbocycles. The zero-order chi connectivity index (χ0) is 38.6. The minimum atomic E-state index is -0.356. The molecule has 0 amide bonds. The molecule has 1 aliphatic carbocycles. The molecule has 11 rings (SSSR count). The molecule has 1 aromatic heterocycles. The van der Waals surface area contributed by atoms with Crippen LogP contribution in [0, 0.1) is 0 Å². The molecule has 2 heterocycles. The van der Waals surface area contributed by atoms with Crippen molar-refractivity contribution >= 4 is 27.5 Å². The van der Waals surface area contributed by atoms with Crippen molar-refractivity contribution in [3.05, 3.63) is 234 Å². The molecule has 0 spiro atoms. The van der Waals surface area contributed by atoms with Crippen molar-refractivity contribution in [2.24, 2.45) is 4.99 Å². The molecule has 2 N–H and O–H groups in total. The van der Waals surface area contributed by atoms with Crippen molar-refractivity contribution in [3.63, 3.8) is 0 Å². The fraction of sp³-hybridized carbons (Fsp3) is 0.0741. The van der Waals surface area contributed by atoms with Crippen LogP contribution in [-0.2, 0) is 5.41 Å². The van der Waals surface area contributed by atoms with Crippen molar-refractivity contribution in [3.8, 4) is 33.5 Å². The number of nitrogens with one attached hydrogen (secondary N) is 2. The summed E-state index contributed by atoms with van der Waals surface area (Å²) in [4.78, 5) is 10.8. The second-order valence-electron chi connectivity index (χ2n) is 15.5. The van der Waals surface area contributed by atoms with Crippen LogP contribution in [-0.4, -0.2) is 10.8 Å². The summed E-state index contributed by atoms with van der Waals surface area (Å²) in [7, 11) is 0. The molecule has 3 atom stereocenters. The van der Waals surface area contributed by atoms with Gasteiger partial charge < -0.3 is 5.32 Å². The molecule has 276 valence electrons. The summed E-state index contributed by atoms with van der Waals surface area (Å²) >= 11 is 0. The van der Waals surface area contributed by atoms with Gasteiger partial charge in [-0.1, -0.05) is 176 Å². The number of benzene rings is 8. The van der Waals surface area contributed by atoms with E-state index in [1.807, 2.05) is 6.07 Å². The van der Waals surface area contributed by atoms with E-state index in [9.17, 15) is 0 Å². The van der Waals surface area contributed by atoms with E-state index in [4.69, 9.17) is 9.98 Å². The zero-order valence-electron chi connectivity index (χ0n) is 32.1. The normalized spacial score (nSPS) is 18.3. The third-order valence-electron chi connectivity index (χ3n) is 12.2. The molecule has 3 unspecified atom stereocenters. The fourth-order valence-corrected chi connectivity index (χ4v) is 9.38. The van der Waals surface area contributed by atoms with E-state index in [2.05, 4.69) is 212 Å². The molecule has 0 saturated heterocycles. The van der Waals surface area contributed by atoms with E-state index in [-0.39, 0.29) is 17.7 Å². The van der Waals surface area contributed by atoms with Crippen LogP contribution in [0.3, 0.4) is 0 Å². The van der Waals surface area contributed by atoms with Gasteiger partial charge in [0.1, 0.15) is 18.2 Å². The molecule has 2 aliphatic rings. The Labute approximate surface area is 338 Å². The van der Waals surface area contributed by atoms with Crippen LogP contribution in [0.15, 0.2) is 205 Å². The van der Waals surface area contributed by atoms with Crippen molar-refractivity contribution in [1.82, 2.24) is 15.6 Å². The number of hydrogen-bond acceptors (Lipinski definition) is 4. The van der Waals surface area contributed by atoms with Gasteiger partial charge in [0, 0.05) is 27.3 Å². The lowest BCUT2D eigenvalue weighted by Crippen LogP contribution is -2.44. The van der Waals surface area contributed by atoms with E-state index in [1.165, 1.54) is 38.8 Å². The first-order chi connectivity index (χ1) is 28.6. The van der Waals surface area contributed by atoms with Crippen molar-refractivity contribution in [2.45, 2.75) is 24.7 Å². The first-order valence-electron chi connectivity index (χ1n) is 20.1. The first-order valence-corrected chi connectivity index (χ1v) is 20.1. The lowest BCUT2D eigenvalue weighted by Gasteiger charge is -2.32. The van der Waals surface area contributed by atoms with Crippen molar-refractivity contribution < 1.29 is 0 Å². The maximum absolute atomic E-state index is 5.43. The largest absolute Gasteiger partial charge is 0.350 e. The highest BCUT2D eigenvalue weighted by molar-refractivity contribution is 6.11. The summed E-state index contributed by atoms with van der Waals surface area (Å²) in [5.74, 6) is 0.854. The predicted molar refractivity (Wildman–Crippen MR) is 239 cm³/mol. The number of para-hydroxylation sites is 1. The van der Waals surface area contributed by atoms with Gasteiger partial charge in [-0.3, -0.25) is 5.32 Å². The third-order valence-corrected chi connectivity index (χ3v) is 12.2. The fourth-order valence-electron chi connectivity index (χ4n) is 9.38. The maximum Gasteiger partial charge on any atom is 0.131 e. The smallest absolute Gasteiger partial charge is 0.131 e. The minimum Gasteiger partial charge on any atom is -0.350 e. The zero-order valence-corrected chi connectivity index (χ0v) is 32.1. The molecule has 4 nitrogen and oxygen atoms in total. The van der Waals surface area contributed by atoms with Crippen LogP contribution >= 0.6 is 0 Å². The van der Waals surface area contributed by atoms with E-state index in [0.717, 1.165) is 55.6 Å². The summed E-state index contributed by atoms with van der Waals surface area (Å²) in [6.07, 6.45) is -0.518. The number of rotatable bonds is 6. The molecule has 0 bridgehead atoms. The molecular formula is C54H40N4. The SMILES string of the molecule is CC1(c2ccccc2)c2ccccc2-c2c(-c3cc(-c4nc5ccccc5c5ccccc45)cc(C4N=C(c5ccccc5)NC(c5ccccc5)N4)c3)cccc21. The Balaban J connectivity index is 1.17. The molecule has 0 radical (unpaired) electrons. The summed E-state index contributed by atoms with van der Waals surface area (Å²) in [5, 5.41) is 11.1. The Kier molecular flexibility index (Phi) is 8.12. The number of aromatic nitrogens is 1. The summed E-state index contributed by atoms with van der Waals surface area (Å²) in [5.41, 5.74) is 14.7. The molecule has 0 fully saturated rings. The van der Waals surface area contributed by atoms with Gasteiger partial charge in [0.25, 0.3) is 0 Å². The Morgan fingerprint density at radius 1 is 0.483 bits per heavy atom. The highest BCUT2D eigenvalue weighted by Gasteiger charge is 2.41. The first kappa shape index (κ1) is 34.1. The van der Waals surface area contributed by atoms with Gasteiger partial charge >= 0.3 is 0 Å². The van der Waals surface area contributed by atoms with E-state index in [0.29, 0.717) is 0 Å². The van der Waals surface area contributed by atoms with Crippen LogP contribution < -0.4 is 10.6 Å². The van der Waals surface area contributed by atoms with E-state index in [1.54, 1.807) is 0 Å². The lowest BCUT2D eigenvalue weighted by molar-refractivity contribution is 0.409. The Morgan fingerprint density at radius 2 is 1.10 bits per heavy atom. The Hall–Kier alpha value is -7.14. The van der Waals surface area contributed by atoms with Crippen LogP contribution in [0.5, 0.6) is 0 Å². The number of pyridine rings is 1. The summed E-state index contributed by atoms with van der Waals surface area (Å²) < 4.78 is 0. The molecule has 1 aliphatic heterocycles. The molecule has 9 aromatic rings. The van der Waals surface area contributed by atoms with Gasteiger partial charge in [-0.15, -0.1) is 0 Å². The Morgan fingerprint density at radius 3 is 1.91 bits per heavy atom. The molecule has 4 heteroatoms. The van der Waals surface area contributed by atoms with Gasteiger partial charge in [-0.2, -0.15) is 0 Å². The topological polar surface area (TPSA) is 49.3 Å². The van der Waals surface area contributed by atoms with Crippen LogP contribution in [0.2, 0.25) is 0 Å². The molecule has 58 heavy (non-hydrogen) atoms. The highest BCUT2D eigenvalue weighted by Crippen LogP contribution is 2.55. The quantitative estimate of drug-likeness (QED) is 0.167. The van der Waals surface area contributed by atoms with Crippen molar-refractivity contribution in [1.29, 1.82) is 0 Å². The average molecular weight is 745 g/mol. The van der Waals surface area contributed by atoms with Gasteiger partial charge in [0.2, 0.25) is 0 Å². The van der Waals surface area contributed by atoms with Crippen molar-refractivity contribution in [2.75, 3.05) is 0 Å². The van der Waals surface area contributed by atoms with Crippen LogP contribution in [0.25, 0.3) is 55.2 Å². The number of nitrogens with zero attached hydrogens (tertiary/aromatic N) is 2. The summed E-state index contributed by atoms with van der Waals surface area (Å²) in [6, 6.07) is 71.9. The average Bonchev–Trinajstić information content (AvgIpc) is 3.58. The number of amidine groups is 1. The second-order valence-corrected chi connectivity index (χ2v) is 15.5. The van der Waals surface area contributed by atoms with Crippen LogP contribution in [0.4, 0.5) is 0 Å². The second kappa shape index (κ2) is 13.8. The van der Waals surface area contributed by atoms with Gasteiger partial charge in [-0.05, 0) is 86.6 Å². The predicted octanol–water partition coefficient (Wildman–Crippen LogP) is 12.4. The number of fused-ring (bicyclic) bond motifs is 6. The lowest BCUT2D eigenvalue weighted by atomic mass is 9.74. The third kappa shape index (κ3) is 5.56. The van der Waals surface area contributed by atoms with E-state index < -0.39 is 0 Å². The van der Waals surface area contributed by atoms with Gasteiger partial charge in [-0.25, -0.2) is 9.98 Å². The van der Waals surface area contributed by atoms with Gasteiger partial charge in [0.15, 0.2) is 0 Å².